The first-order chi connectivity index (χ1) is 10.1. The van der Waals surface area contributed by atoms with E-state index < -0.39 is 5.97 Å². The summed E-state index contributed by atoms with van der Waals surface area (Å²) in [7, 11) is 1.33. The normalized spacial score (nSPS) is 10.4. The van der Waals surface area contributed by atoms with E-state index in [0.29, 0.717) is 23.4 Å². The minimum Gasteiger partial charge on any atom is -0.465 e. The Bertz CT molecular complexity index is 643. The summed E-state index contributed by atoms with van der Waals surface area (Å²) < 4.78 is 11.4. The van der Waals surface area contributed by atoms with E-state index in [9.17, 15) is 4.79 Å². The van der Waals surface area contributed by atoms with Crippen molar-refractivity contribution >= 4 is 27.6 Å². The number of esters is 1. The van der Waals surface area contributed by atoms with Crippen molar-refractivity contribution in [1.82, 2.24) is 0 Å². The second kappa shape index (κ2) is 7.24. The molecule has 110 valence electrons. The van der Waals surface area contributed by atoms with Crippen LogP contribution in [0.25, 0.3) is 0 Å². The Morgan fingerprint density at radius 3 is 2.48 bits per heavy atom. The Morgan fingerprint density at radius 2 is 1.76 bits per heavy atom. The maximum Gasteiger partial charge on any atom is 0.340 e. The molecule has 0 unspecified atom stereocenters. The fraction of sp³-hybridized carbons (Fsp3) is 0.188. The Kier molecular flexibility index (Phi) is 5.36. The number of ether oxygens (including phenoxy) is 2. The first kappa shape index (κ1) is 15.5. The van der Waals surface area contributed by atoms with Crippen LogP contribution in [-0.4, -0.2) is 13.1 Å². The molecule has 0 heterocycles. The number of carbonyl (C=O) groups is 1. The Balaban J connectivity index is 2.09. The quantitative estimate of drug-likeness (QED) is 0.662. The summed E-state index contributed by atoms with van der Waals surface area (Å²) in [6.07, 6.45) is 0. The van der Waals surface area contributed by atoms with Gasteiger partial charge in [0, 0.05) is 10.2 Å². The summed E-state index contributed by atoms with van der Waals surface area (Å²) in [4.78, 5) is 11.8. The van der Waals surface area contributed by atoms with E-state index in [1.165, 1.54) is 7.11 Å². The molecule has 0 aliphatic carbocycles. The van der Waals surface area contributed by atoms with Crippen molar-refractivity contribution in [3.63, 3.8) is 0 Å². The van der Waals surface area contributed by atoms with Crippen LogP contribution in [0.3, 0.4) is 0 Å². The molecule has 0 amide bonds. The van der Waals surface area contributed by atoms with Crippen LogP contribution in [0.15, 0.2) is 46.9 Å². The lowest BCUT2D eigenvalue weighted by Crippen LogP contribution is -2.10. The van der Waals surface area contributed by atoms with Crippen molar-refractivity contribution < 1.29 is 14.3 Å². The van der Waals surface area contributed by atoms with Crippen molar-refractivity contribution in [2.24, 2.45) is 0 Å². The lowest BCUT2D eigenvalue weighted by molar-refractivity contribution is 0.0591. The number of hydrogen-bond donors (Lipinski definition) is 1. The summed E-state index contributed by atoms with van der Waals surface area (Å²) in [5.41, 5.74) is 8.36. The third-order valence-electron chi connectivity index (χ3n) is 3.05. The summed E-state index contributed by atoms with van der Waals surface area (Å²) >= 11 is 3.47. The number of nitrogen functional groups attached to an aromatic ring is 1. The van der Waals surface area contributed by atoms with Gasteiger partial charge in [0.1, 0.15) is 0 Å². The molecule has 0 fully saturated rings. The predicted molar refractivity (Wildman–Crippen MR) is 84.8 cm³/mol. The van der Waals surface area contributed by atoms with Gasteiger partial charge in [-0.2, -0.15) is 0 Å². The number of hydrogen-bond acceptors (Lipinski definition) is 4. The highest BCUT2D eigenvalue weighted by molar-refractivity contribution is 9.10. The van der Waals surface area contributed by atoms with Crippen LogP contribution >= 0.6 is 15.9 Å². The molecule has 0 aliphatic heterocycles. The summed E-state index contributed by atoms with van der Waals surface area (Å²) in [6, 6.07) is 13.1. The van der Waals surface area contributed by atoms with Gasteiger partial charge < -0.3 is 15.2 Å². The molecule has 4 nitrogen and oxygen atoms in total. The zero-order valence-corrected chi connectivity index (χ0v) is 13.2. The van der Waals surface area contributed by atoms with E-state index in [2.05, 4.69) is 15.9 Å². The van der Waals surface area contributed by atoms with Crippen LogP contribution in [0.2, 0.25) is 0 Å². The molecule has 2 aromatic carbocycles. The van der Waals surface area contributed by atoms with E-state index in [-0.39, 0.29) is 6.61 Å². The van der Waals surface area contributed by atoms with Gasteiger partial charge in [0.05, 0.1) is 25.9 Å². The number of anilines is 1. The maximum atomic E-state index is 11.8. The predicted octanol–water partition coefficient (Wildman–Crippen LogP) is 3.53. The summed E-state index contributed by atoms with van der Waals surface area (Å²) in [5.74, 6) is -0.451. The fourth-order valence-electron chi connectivity index (χ4n) is 1.98. The van der Waals surface area contributed by atoms with Crippen molar-refractivity contribution in [3.8, 4) is 0 Å². The van der Waals surface area contributed by atoms with Gasteiger partial charge >= 0.3 is 5.97 Å². The van der Waals surface area contributed by atoms with E-state index in [1.807, 2.05) is 30.3 Å². The number of methoxy groups -OCH3 is 1. The molecular formula is C16H16BrNO3. The van der Waals surface area contributed by atoms with Crippen LogP contribution in [0.4, 0.5) is 5.69 Å². The molecule has 2 rings (SSSR count). The van der Waals surface area contributed by atoms with Crippen LogP contribution in [0.1, 0.15) is 21.5 Å². The number of carbonyl (C=O) groups excluding carboxylic acids is 1. The van der Waals surface area contributed by atoms with Gasteiger partial charge in [-0.25, -0.2) is 4.79 Å². The largest absolute Gasteiger partial charge is 0.465 e. The van der Waals surface area contributed by atoms with E-state index in [0.717, 1.165) is 10.0 Å². The molecule has 0 atom stereocenters. The van der Waals surface area contributed by atoms with Crippen LogP contribution in [0, 0.1) is 0 Å². The van der Waals surface area contributed by atoms with Gasteiger partial charge in [-0.15, -0.1) is 0 Å². The smallest absolute Gasteiger partial charge is 0.340 e. The Hall–Kier alpha value is -1.85. The SMILES string of the molecule is COC(=O)c1c(N)cccc1COCc1ccccc1Br. The standard InChI is InChI=1S/C16H16BrNO3/c1-20-16(19)15-12(6-4-8-14(15)18)10-21-9-11-5-2-3-7-13(11)17/h2-8H,9-10,18H2,1H3. The number of halogens is 1. The first-order valence-electron chi connectivity index (χ1n) is 6.40. The summed E-state index contributed by atoms with van der Waals surface area (Å²) in [6.45, 7) is 0.730. The molecule has 0 spiro atoms. The third kappa shape index (κ3) is 3.83. The minimum absolute atomic E-state index is 0.288. The lowest BCUT2D eigenvalue weighted by Gasteiger charge is -2.11. The molecule has 0 saturated heterocycles. The highest BCUT2D eigenvalue weighted by Crippen LogP contribution is 2.21. The molecule has 0 saturated carbocycles. The molecular weight excluding hydrogens is 334 g/mol. The van der Waals surface area contributed by atoms with Crippen LogP contribution < -0.4 is 5.73 Å². The maximum absolute atomic E-state index is 11.8. The lowest BCUT2D eigenvalue weighted by atomic mass is 10.1. The minimum atomic E-state index is -0.451. The van der Waals surface area contributed by atoms with Crippen molar-refractivity contribution in [2.45, 2.75) is 13.2 Å². The highest BCUT2D eigenvalue weighted by Gasteiger charge is 2.15. The molecule has 0 aromatic heterocycles. The average Bonchev–Trinajstić information content (AvgIpc) is 2.48. The summed E-state index contributed by atoms with van der Waals surface area (Å²) in [5, 5.41) is 0. The second-order valence-electron chi connectivity index (χ2n) is 4.46. The topological polar surface area (TPSA) is 61.5 Å². The number of benzene rings is 2. The van der Waals surface area contributed by atoms with Gasteiger partial charge in [-0.1, -0.05) is 46.3 Å². The molecule has 5 heteroatoms. The molecule has 0 bridgehead atoms. The zero-order chi connectivity index (χ0) is 15.2. The first-order valence-corrected chi connectivity index (χ1v) is 7.19. The van der Waals surface area contributed by atoms with Crippen molar-refractivity contribution in [3.05, 3.63) is 63.6 Å². The van der Waals surface area contributed by atoms with Gasteiger partial charge in [0.15, 0.2) is 0 Å². The van der Waals surface area contributed by atoms with Gasteiger partial charge in [0.25, 0.3) is 0 Å². The van der Waals surface area contributed by atoms with Crippen molar-refractivity contribution in [1.29, 1.82) is 0 Å². The fourth-order valence-corrected chi connectivity index (χ4v) is 2.38. The second-order valence-corrected chi connectivity index (χ2v) is 5.31. The van der Waals surface area contributed by atoms with Gasteiger partial charge in [0.2, 0.25) is 0 Å². The molecule has 0 aliphatic rings. The molecule has 2 N–H and O–H groups in total. The van der Waals surface area contributed by atoms with E-state index in [1.54, 1.807) is 12.1 Å². The molecule has 21 heavy (non-hydrogen) atoms. The number of nitrogens with two attached hydrogens (primary N) is 1. The monoisotopic (exact) mass is 349 g/mol. The Morgan fingerprint density at radius 1 is 1.10 bits per heavy atom. The van der Waals surface area contributed by atoms with Crippen LogP contribution in [0.5, 0.6) is 0 Å². The highest BCUT2D eigenvalue weighted by atomic mass is 79.9. The third-order valence-corrected chi connectivity index (χ3v) is 3.82. The van der Waals surface area contributed by atoms with Crippen LogP contribution in [-0.2, 0) is 22.7 Å². The van der Waals surface area contributed by atoms with E-state index in [4.69, 9.17) is 15.2 Å². The molecule has 2 aromatic rings. The average molecular weight is 350 g/mol. The molecule has 0 radical (unpaired) electrons. The zero-order valence-electron chi connectivity index (χ0n) is 11.6. The van der Waals surface area contributed by atoms with E-state index >= 15 is 0 Å². The number of rotatable bonds is 5. The Labute approximate surface area is 132 Å². The van der Waals surface area contributed by atoms with Gasteiger partial charge in [-0.3, -0.25) is 0 Å². The van der Waals surface area contributed by atoms with Gasteiger partial charge in [-0.05, 0) is 23.3 Å². The van der Waals surface area contributed by atoms with Crippen molar-refractivity contribution in [2.75, 3.05) is 12.8 Å².